The van der Waals surface area contributed by atoms with E-state index in [0.29, 0.717) is 16.5 Å². The summed E-state index contributed by atoms with van der Waals surface area (Å²) < 4.78 is 0.781. The molecule has 0 heterocycles. The topological polar surface area (TPSA) is 35.8 Å². The summed E-state index contributed by atoms with van der Waals surface area (Å²) in [5, 5.41) is 12.9. The number of benzene rings is 1. The Kier molecular flexibility index (Phi) is 5.78. The van der Waals surface area contributed by atoms with Gasteiger partial charge < -0.3 is 5.32 Å². The van der Waals surface area contributed by atoms with E-state index in [9.17, 15) is 0 Å². The van der Waals surface area contributed by atoms with Crippen molar-refractivity contribution in [3.05, 3.63) is 26.7 Å². The van der Waals surface area contributed by atoms with Crippen LogP contribution in [0.2, 0.25) is 10.0 Å². The maximum absolute atomic E-state index is 8.61. The van der Waals surface area contributed by atoms with Gasteiger partial charge in [0.15, 0.2) is 0 Å². The molecule has 2 nitrogen and oxygen atoms in total. The fourth-order valence-electron chi connectivity index (χ4n) is 1.48. The van der Waals surface area contributed by atoms with Crippen molar-refractivity contribution in [2.75, 3.05) is 11.9 Å². The number of nitrogens with one attached hydrogen (secondary N) is 1. The average molecular weight is 350 g/mol. The number of anilines is 1. The zero-order valence-electron chi connectivity index (χ0n) is 10.4. The van der Waals surface area contributed by atoms with Crippen LogP contribution in [0.25, 0.3) is 0 Å². The standard InChI is InChI=1S/C13H15BrCl2N2/c1-13(2,6-3-7-17)8-18-10-5-4-9(14)11(15)12(10)16/h4-5,18H,3,6,8H2,1-2H3. The Labute approximate surface area is 126 Å². The molecule has 18 heavy (non-hydrogen) atoms. The first-order valence-corrected chi connectivity index (χ1v) is 7.16. The van der Waals surface area contributed by atoms with Gasteiger partial charge in [-0.05, 0) is 39.9 Å². The number of hydrogen-bond donors (Lipinski definition) is 1. The Bertz CT molecular complexity index is 467. The lowest BCUT2D eigenvalue weighted by Crippen LogP contribution is -2.23. The van der Waals surface area contributed by atoms with E-state index in [-0.39, 0.29) is 5.41 Å². The predicted molar refractivity (Wildman–Crippen MR) is 81.3 cm³/mol. The van der Waals surface area contributed by atoms with Crippen molar-refractivity contribution in [2.24, 2.45) is 5.41 Å². The van der Waals surface area contributed by atoms with Gasteiger partial charge in [0.2, 0.25) is 0 Å². The minimum absolute atomic E-state index is 0.0403. The molecule has 0 aliphatic carbocycles. The predicted octanol–water partition coefficient (Wildman–Crippen LogP) is 5.50. The second-order valence-corrected chi connectivity index (χ2v) is 6.51. The van der Waals surface area contributed by atoms with Gasteiger partial charge in [-0.1, -0.05) is 37.0 Å². The molecular weight excluding hydrogens is 335 g/mol. The lowest BCUT2D eigenvalue weighted by molar-refractivity contribution is 0.364. The summed E-state index contributed by atoms with van der Waals surface area (Å²) in [6, 6.07) is 5.92. The quantitative estimate of drug-likeness (QED) is 0.712. The smallest absolute Gasteiger partial charge is 0.0835 e. The molecule has 1 N–H and O–H groups in total. The summed E-state index contributed by atoms with van der Waals surface area (Å²) in [6.07, 6.45) is 1.40. The lowest BCUT2D eigenvalue weighted by Gasteiger charge is -2.25. The van der Waals surface area contributed by atoms with Crippen molar-refractivity contribution < 1.29 is 0 Å². The monoisotopic (exact) mass is 348 g/mol. The molecule has 0 spiro atoms. The second kappa shape index (κ2) is 6.65. The van der Waals surface area contributed by atoms with Crippen LogP contribution < -0.4 is 5.32 Å². The second-order valence-electron chi connectivity index (χ2n) is 4.90. The molecule has 1 rings (SSSR count). The molecular formula is C13H15BrCl2N2. The fourth-order valence-corrected chi connectivity index (χ4v) is 2.32. The van der Waals surface area contributed by atoms with E-state index in [4.69, 9.17) is 28.5 Å². The van der Waals surface area contributed by atoms with Gasteiger partial charge in [-0.2, -0.15) is 5.26 Å². The van der Waals surface area contributed by atoms with E-state index < -0.39 is 0 Å². The van der Waals surface area contributed by atoms with E-state index in [0.717, 1.165) is 23.1 Å². The maximum Gasteiger partial charge on any atom is 0.0835 e. The number of halogens is 3. The van der Waals surface area contributed by atoms with Gasteiger partial charge in [0.25, 0.3) is 0 Å². The normalized spacial score (nSPS) is 11.1. The first-order valence-electron chi connectivity index (χ1n) is 5.62. The lowest BCUT2D eigenvalue weighted by atomic mass is 9.88. The van der Waals surface area contributed by atoms with E-state index in [1.54, 1.807) is 0 Å². The van der Waals surface area contributed by atoms with Crippen molar-refractivity contribution in [3.63, 3.8) is 0 Å². The Morgan fingerprint density at radius 1 is 1.33 bits per heavy atom. The summed E-state index contributed by atoms with van der Waals surface area (Å²) in [4.78, 5) is 0. The Hall–Kier alpha value is -0.430. The molecule has 0 fully saturated rings. The van der Waals surface area contributed by atoms with Crippen LogP contribution in [0.5, 0.6) is 0 Å². The summed E-state index contributed by atoms with van der Waals surface area (Å²) in [6.45, 7) is 4.98. The average Bonchev–Trinajstić information content (AvgIpc) is 2.33. The summed E-state index contributed by atoms with van der Waals surface area (Å²) in [5.41, 5.74) is 0.855. The van der Waals surface area contributed by atoms with Crippen LogP contribution in [0.4, 0.5) is 5.69 Å². The molecule has 1 aromatic rings. The van der Waals surface area contributed by atoms with Crippen LogP contribution >= 0.6 is 39.1 Å². The molecule has 98 valence electrons. The molecule has 0 saturated carbocycles. The fraction of sp³-hybridized carbons (Fsp3) is 0.462. The Morgan fingerprint density at radius 3 is 2.61 bits per heavy atom. The summed E-state index contributed by atoms with van der Waals surface area (Å²) >= 11 is 15.5. The third-order valence-corrected chi connectivity index (χ3v) is 4.48. The summed E-state index contributed by atoms with van der Waals surface area (Å²) in [5.74, 6) is 0. The summed E-state index contributed by atoms with van der Waals surface area (Å²) in [7, 11) is 0. The number of rotatable bonds is 5. The maximum atomic E-state index is 8.61. The largest absolute Gasteiger partial charge is 0.383 e. The van der Waals surface area contributed by atoms with Gasteiger partial charge in [-0.3, -0.25) is 0 Å². The molecule has 0 unspecified atom stereocenters. The van der Waals surface area contributed by atoms with Crippen molar-refractivity contribution >= 4 is 44.8 Å². The van der Waals surface area contributed by atoms with Crippen molar-refractivity contribution in [2.45, 2.75) is 26.7 Å². The van der Waals surface area contributed by atoms with Gasteiger partial charge >= 0.3 is 0 Å². The highest BCUT2D eigenvalue weighted by Gasteiger charge is 2.18. The zero-order chi connectivity index (χ0) is 13.8. The van der Waals surface area contributed by atoms with Gasteiger partial charge in [-0.15, -0.1) is 0 Å². The zero-order valence-corrected chi connectivity index (χ0v) is 13.5. The van der Waals surface area contributed by atoms with Crippen LogP contribution in [0.1, 0.15) is 26.7 Å². The van der Waals surface area contributed by atoms with Crippen LogP contribution in [-0.4, -0.2) is 6.54 Å². The Morgan fingerprint density at radius 2 is 2.00 bits per heavy atom. The molecule has 1 aromatic carbocycles. The Balaban J connectivity index is 2.70. The van der Waals surface area contributed by atoms with Gasteiger partial charge in [-0.25, -0.2) is 0 Å². The highest BCUT2D eigenvalue weighted by Crippen LogP contribution is 2.36. The van der Waals surface area contributed by atoms with Crippen molar-refractivity contribution in [3.8, 4) is 6.07 Å². The third-order valence-electron chi connectivity index (χ3n) is 2.71. The van der Waals surface area contributed by atoms with Gasteiger partial charge in [0, 0.05) is 17.4 Å². The van der Waals surface area contributed by atoms with Gasteiger partial charge in [0.05, 0.1) is 21.8 Å². The molecule has 0 atom stereocenters. The van der Waals surface area contributed by atoms with Crippen LogP contribution in [-0.2, 0) is 0 Å². The first kappa shape index (κ1) is 15.6. The highest BCUT2D eigenvalue weighted by molar-refractivity contribution is 9.10. The molecule has 0 saturated heterocycles. The SMILES string of the molecule is CC(C)(CCC#N)CNc1ccc(Br)c(Cl)c1Cl. The van der Waals surface area contributed by atoms with Crippen molar-refractivity contribution in [1.82, 2.24) is 0 Å². The molecule has 0 aromatic heterocycles. The number of hydrogen-bond acceptors (Lipinski definition) is 2. The first-order chi connectivity index (χ1) is 8.37. The van der Waals surface area contributed by atoms with Crippen molar-refractivity contribution in [1.29, 1.82) is 5.26 Å². The van der Waals surface area contributed by atoms with E-state index >= 15 is 0 Å². The minimum atomic E-state index is 0.0403. The number of nitrogens with zero attached hydrogens (tertiary/aromatic N) is 1. The number of nitriles is 1. The molecule has 0 aliphatic rings. The molecule has 0 radical (unpaired) electrons. The third kappa shape index (κ3) is 4.35. The van der Waals surface area contributed by atoms with E-state index in [2.05, 4.69) is 41.2 Å². The van der Waals surface area contributed by atoms with Gasteiger partial charge in [0.1, 0.15) is 0 Å². The minimum Gasteiger partial charge on any atom is -0.383 e. The van der Waals surface area contributed by atoms with Crippen LogP contribution in [0.15, 0.2) is 16.6 Å². The molecule has 0 aliphatic heterocycles. The molecule has 5 heteroatoms. The van der Waals surface area contributed by atoms with E-state index in [1.165, 1.54) is 0 Å². The van der Waals surface area contributed by atoms with Crippen LogP contribution in [0, 0.1) is 16.7 Å². The molecule has 0 bridgehead atoms. The highest BCUT2D eigenvalue weighted by atomic mass is 79.9. The van der Waals surface area contributed by atoms with E-state index in [1.807, 2.05) is 12.1 Å². The van der Waals surface area contributed by atoms with Crippen LogP contribution in [0.3, 0.4) is 0 Å². The molecule has 0 amide bonds.